The smallest absolute Gasteiger partial charge is 0.187 e. The molecule has 0 aliphatic carbocycles. The zero-order chi connectivity index (χ0) is 16.4. The summed E-state index contributed by atoms with van der Waals surface area (Å²) in [4.78, 5) is 4.90. The molecule has 2 rings (SSSR count). The Balaban J connectivity index is 2.09. The van der Waals surface area contributed by atoms with Gasteiger partial charge in [0, 0.05) is 5.75 Å². The molecule has 0 spiro atoms. The minimum Gasteiger partial charge on any atom is -0.393 e. The number of hydrogen-bond acceptors (Lipinski definition) is 11. The second-order valence-electron chi connectivity index (χ2n) is 5.19. The summed E-state index contributed by atoms with van der Waals surface area (Å²) < 4.78 is 10.7. The molecule has 0 radical (unpaired) electrons. The predicted molar refractivity (Wildman–Crippen MR) is 72.5 cm³/mol. The number of ether oxygens (including phenoxy) is 2. The average Bonchev–Trinajstić information content (AvgIpc) is 2.52. The molecule has 0 amide bonds. The molecule has 0 saturated carbocycles. The molecule has 0 aromatic carbocycles. The zero-order valence-electron chi connectivity index (χ0n) is 11.5. The van der Waals surface area contributed by atoms with Gasteiger partial charge in [0.05, 0.1) is 12.7 Å². The first-order chi connectivity index (χ1) is 10.4. The molecule has 0 aromatic heterocycles. The third-order valence-corrected chi connectivity index (χ3v) is 4.05. The lowest BCUT2D eigenvalue weighted by atomic mass is 9.99. The Morgan fingerprint density at radius 3 is 2.23 bits per heavy atom. The van der Waals surface area contributed by atoms with Crippen LogP contribution in [0.3, 0.4) is 0 Å². The van der Waals surface area contributed by atoms with Crippen molar-refractivity contribution in [1.82, 2.24) is 5.48 Å². The summed E-state index contributed by atoms with van der Waals surface area (Å²) in [6.45, 7) is -0.536. The highest BCUT2D eigenvalue weighted by atomic mass is 32.1. The number of aliphatic hydroxyl groups is 6. The van der Waals surface area contributed by atoms with Gasteiger partial charge in [-0.15, -0.1) is 0 Å². The van der Waals surface area contributed by atoms with Crippen molar-refractivity contribution in [3.8, 4) is 0 Å². The van der Waals surface area contributed by atoms with Gasteiger partial charge in [0.2, 0.25) is 0 Å². The second-order valence-corrected chi connectivity index (χ2v) is 5.56. The molecular weight excluding hydrogens is 322 g/mol. The Hall–Kier alpha value is -0.0500. The van der Waals surface area contributed by atoms with Gasteiger partial charge in [-0.3, -0.25) is 4.84 Å². The molecule has 9 atom stereocenters. The predicted octanol–water partition coefficient (Wildman–Crippen LogP) is -4.32. The number of aliphatic hydroxyl groups excluding tert-OH is 6. The monoisotopic (exact) mass is 343 g/mol. The van der Waals surface area contributed by atoms with Crippen molar-refractivity contribution in [3.05, 3.63) is 0 Å². The van der Waals surface area contributed by atoms with E-state index >= 15 is 0 Å². The van der Waals surface area contributed by atoms with Crippen molar-refractivity contribution >= 4 is 12.6 Å². The third-order valence-electron chi connectivity index (χ3n) is 3.69. The largest absolute Gasteiger partial charge is 0.393 e. The van der Waals surface area contributed by atoms with E-state index in [1.165, 1.54) is 0 Å². The summed E-state index contributed by atoms with van der Waals surface area (Å²) >= 11 is 3.97. The van der Waals surface area contributed by atoms with Crippen LogP contribution in [0.5, 0.6) is 0 Å². The fourth-order valence-corrected chi connectivity index (χ4v) is 2.64. The minimum absolute atomic E-state index is 0.0577. The van der Waals surface area contributed by atoms with E-state index in [9.17, 15) is 30.6 Å². The van der Waals surface area contributed by atoms with Crippen molar-refractivity contribution < 1.29 is 45.0 Å². The maximum absolute atomic E-state index is 9.91. The first-order valence-electron chi connectivity index (χ1n) is 6.74. The van der Waals surface area contributed by atoms with Gasteiger partial charge in [0.1, 0.15) is 36.6 Å². The lowest BCUT2D eigenvalue weighted by Crippen LogP contribution is -2.64. The van der Waals surface area contributed by atoms with Crippen LogP contribution in [0.25, 0.3) is 0 Å². The first-order valence-corrected chi connectivity index (χ1v) is 7.38. The summed E-state index contributed by atoms with van der Waals surface area (Å²) in [5.74, 6) is 0.0577. The van der Waals surface area contributed by atoms with Gasteiger partial charge in [-0.25, -0.2) is 0 Å². The van der Waals surface area contributed by atoms with E-state index in [-0.39, 0.29) is 5.75 Å². The number of hydroxylamine groups is 1. The molecule has 11 heteroatoms. The Kier molecular flexibility index (Phi) is 6.39. The number of rotatable bonds is 4. The molecule has 7 N–H and O–H groups in total. The van der Waals surface area contributed by atoms with Crippen LogP contribution in [0.4, 0.5) is 0 Å². The van der Waals surface area contributed by atoms with Gasteiger partial charge in [-0.2, -0.15) is 18.1 Å². The number of nitrogens with one attached hydrogen (secondary N) is 1. The lowest BCUT2D eigenvalue weighted by Gasteiger charge is -2.44. The molecule has 2 heterocycles. The molecule has 6 unspecified atom stereocenters. The van der Waals surface area contributed by atoms with Gasteiger partial charge in [0.25, 0.3) is 0 Å². The highest BCUT2D eigenvalue weighted by Crippen LogP contribution is 2.26. The lowest BCUT2D eigenvalue weighted by molar-refractivity contribution is -0.340. The fraction of sp³-hybridized carbons (Fsp3) is 1.00. The van der Waals surface area contributed by atoms with E-state index in [1.54, 1.807) is 0 Å². The van der Waals surface area contributed by atoms with Crippen molar-refractivity contribution in [2.75, 3.05) is 12.4 Å². The Labute approximate surface area is 131 Å². The Morgan fingerprint density at radius 1 is 0.955 bits per heavy atom. The van der Waals surface area contributed by atoms with Crippen LogP contribution in [0, 0.1) is 0 Å². The van der Waals surface area contributed by atoms with Crippen LogP contribution in [0.15, 0.2) is 0 Å². The van der Waals surface area contributed by atoms with Crippen LogP contribution in [0.2, 0.25) is 0 Å². The zero-order valence-corrected chi connectivity index (χ0v) is 12.4. The average molecular weight is 343 g/mol. The number of thiol groups is 1. The van der Waals surface area contributed by atoms with Crippen LogP contribution < -0.4 is 5.48 Å². The quantitative estimate of drug-likeness (QED) is 0.234. The summed E-state index contributed by atoms with van der Waals surface area (Å²) in [6, 6.07) is 0. The van der Waals surface area contributed by atoms with E-state index in [4.69, 9.17) is 14.3 Å². The van der Waals surface area contributed by atoms with Gasteiger partial charge < -0.3 is 40.1 Å². The molecule has 2 fully saturated rings. The molecule has 2 aliphatic heterocycles. The topological polar surface area (TPSA) is 161 Å². The highest BCUT2D eigenvalue weighted by Gasteiger charge is 2.48. The maximum Gasteiger partial charge on any atom is 0.187 e. The molecule has 2 saturated heterocycles. The first kappa shape index (κ1) is 18.3. The van der Waals surface area contributed by atoms with E-state index in [0.717, 1.165) is 0 Å². The SMILES string of the molecule is OCC1ONC(O)C(O)[C@@H]1O[C@@H]1OC(CS)[C@H](O)C(O)C1O. The normalized spacial score (nSPS) is 50.0. The van der Waals surface area contributed by atoms with E-state index < -0.39 is 61.9 Å². The standard InChI is InChI=1S/C11H21NO9S/c13-1-3-9(8(17)10(18)12-21-3)20-11-7(16)6(15)5(14)4(2-22)19-11/h3-18,22H,1-2H2/t3?,4?,5-,6?,7?,8?,9+,10?,11-/m0/s1. The fourth-order valence-electron chi connectivity index (χ4n) is 2.34. The maximum atomic E-state index is 9.91. The van der Waals surface area contributed by atoms with Crippen molar-refractivity contribution in [3.63, 3.8) is 0 Å². The van der Waals surface area contributed by atoms with Crippen LogP contribution in [-0.4, -0.2) is 98.2 Å². The van der Waals surface area contributed by atoms with Crippen molar-refractivity contribution in [2.24, 2.45) is 0 Å². The summed E-state index contributed by atoms with van der Waals surface area (Å²) in [6.07, 6.45) is -12.0. The van der Waals surface area contributed by atoms with Gasteiger partial charge in [0.15, 0.2) is 12.5 Å². The van der Waals surface area contributed by atoms with E-state index in [2.05, 4.69) is 18.1 Å². The van der Waals surface area contributed by atoms with Gasteiger partial charge in [-0.05, 0) is 0 Å². The van der Waals surface area contributed by atoms with Crippen LogP contribution in [0.1, 0.15) is 0 Å². The van der Waals surface area contributed by atoms with E-state index in [1.807, 2.05) is 0 Å². The van der Waals surface area contributed by atoms with Gasteiger partial charge >= 0.3 is 0 Å². The Morgan fingerprint density at radius 2 is 1.64 bits per heavy atom. The summed E-state index contributed by atoms with van der Waals surface area (Å²) in [5, 5.41) is 58.0. The number of hydrogen-bond donors (Lipinski definition) is 8. The molecule has 22 heavy (non-hydrogen) atoms. The van der Waals surface area contributed by atoms with Gasteiger partial charge in [-0.1, -0.05) is 0 Å². The Bertz CT molecular complexity index is 360. The van der Waals surface area contributed by atoms with Crippen LogP contribution >= 0.6 is 12.6 Å². The van der Waals surface area contributed by atoms with E-state index in [0.29, 0.717) is 0 Å². The minimum atomic E-state index is -1.59. The summed E-state index contributed by atoms with van der Waals surface area (Å²) in [7, 11) is 0. The van der Waals surface area contributed by atoms with Crippen molar-refractivity contribution in [1.29, 1.82) is 0 Å². The molecule has 0 bridgehead atoms. The van der Waals surface area contributed by atoms with Crippen LogP contribution in [-0.2, 0) is 14.3 Å². The molecule has 130 valence electrons. The molecular formula is C11H21NO9S. The molecule has 10 nitrogen and oxygen atoms in total. The molecule has 2 aliphatic rings. The third kappa shape index (κ3) is 3.55. The molecule has 0 aromatic rings. The second kappa shape index (κ2) is 7.68. The van der Waals surface area contributed by atoms with Crippen molar-refractivity contribution in [2.45, 2.75) is 55.2 Å². The highest BCUT2D eigenvalue weighted by molar-refractivity contribution is 7.80. The summed E-state index contributed by atoms with van der Waals surface area (Å²) in [5.41, 5.74) is 2.11.